The maximum Gasteiger partial charge on any atom is 0.0832 e. The second-order valence-corrected chi connectivity index (χ2v) is 5.04. The highest BCUT2D eigenvalue weighted by Crippen LogP contribution is 2.23. The zero-order valence-electron chi connectivity index (χ0n) is 9.91. The Kier molecular flexibility index (Phi) is 5.39. The van der Waals surface area contributed by atoms with Gasteiger partial charge in [0.1, 0.15) is 0 Å². The van der Waals surface area contributed by atoms with Gasteiger partial charge in [0.25, 0.3) is 0 Å². The van der Waals surface area contributed by atoms with Gasteiger partial charge < -0.3 is 21.3 Å². The molecule has 0 fully saturated rings. The number of aliphatic hydroxyl groups is 2. The van der Waals surface area contributed by atoms with Gasteiger partial charge in [-0.2, -0.15) is 0 Å². The quantitative estimate of drug-likeness (QED) is 0.641. The Labute approximate surface area is 110 Å². The first-order valence-electron chi connectivity index (χ1n) is 5.58. The molecule has 0 saturated carbocycles. The minimum Gasteiger partial charge on any atom is -0.394 e. The van der Waals surface area contributed by atoms with Crippen LogP contribution in [-0.2, 0) is 6.54 Å². The number of hydrogen-bond donors (Lipinski definition) is 4. The van der Waals surface area contributed by atoms with Crippen molar-refractivity contribution in [3.63, 3.8) is 0 Å². The molecule has 1 aromatic rings. The Morgan fingerprint density at radius 1 is 1.29 bits per heavy atom. The van der Waals surface area contributed by atoms with Gasteiger partial charge in [-0.3, -0.25) is 0 Å². The van der Waals surface area contributed by atoms with E-state index in [2.05, 4.69) is 21.2 Å². The van der Waals surface area contributed by atoms with Gasteiger partial charge in [0.05, 0.1) is 18.8 Å². The maximum atomic E-state index is 9.37. The van der Waals surface area contributed by atoms with Crippen molar-refractivity contribution in [1.29, 1.82) is 0 Å². The molecule has 0 heterocycles. The molecule has 96 valence electrons. The van der Waals surface area contributed by atoms with Crippen LogP contribution in [0, 0.1) is 0 Å². The van der Waals surface area contributed by atoms with Crippen LogP contribution >= 0.6 is 15.9 Å². The van der Waals surface area contributed by atoms with Crippen molar-refractivity contribution < 1.29 is 10.2 Å². The highest BCUT2D eigenvalue weighted by molar-refractivity contribution is 9.10. The molecule has 0 bridgehead atoms. The highest BCUT2D eigenvalue weighted by atomic mass is 79.9. The highest BCUT2D eigenvalue weighted by Gasteiger charge is 2.26. The van der Waals surface area contributed by atoms with E-state index in [0.717, 1.165) is 15.7 Å². The van der Waals surface area contributed by atoms with Crippen molar-refractivity contribution in [2.45, 2.75) is 25.4 Å². The molecule has 17 heavy (non-hydrogen) atoms. The van der Waals surface area contributed by atoms with Crippen molar-refractivity contribution in [3.05, 3.63) is 28.2 Å². The lowest BCUT2D eigenvalue weighted by Gasteiger charge is -2.31. The summed E-state index contributed by atoms with van der Waals surface area (Å²) in [7, 11) is 0. The van der Waals surface area contributed by atoms with Crippen LogP contribution < -0.4 is 11.1 Å². The minimum absolute atomic E-state index is 0.121. The molecule has 0 unspecified atom stereocenters. The van der Waals surface area contributed by atoms with E-state index in [1.165, 1.54) is 0 Å². The normalized spacial score (nSPS) is 11.6. The molecule has 0 spiro atoms. The van der Waals surface area contributed by atoms with E-state index >= 15 is 0 Å². The smallest absolute Gasteiger partial charge is 0.0832 e. The molecule has 0 aromatic heterocycles. The van der Waals surface area contributed by atoms with Crippen LogP contribution in [0.4, 0.5) is 5.69 Å². The molecule has 0 saturated heterocycles. The molecule has 0 radical (unpaired) electrons. The van der Waals surface area contributed by atoms with Crippen LogP contribution in [0.5, 0.6) is 0 Å². The first-order chi connectivity index (χ1) is 8.09. The number of halogens is 1. The summed E-state index contributed by atoms with van der Waals surface area (Å²) in [4.78, 5) is 0. The van der Waals surface area contributed by atoms with E-state index in [9.17, 15) is 10.2 Å². The number of anilines is 1. The average molecular weight is 303 g/mol. The molecule has 0 aliphatic carbocycles. The number of rotatable bonds is 6. The molecule has 5 N–H and O–H groups in total. The van der Waals surface area contributed by atoms with Crippen LogP contribution in [-0.4, -0.2) is 29.0 Å². The molecule has 1 aromatic carbocycles. The molecule has 5 heteroatoms. The summed E-state index contributed by atoms with van der Waals surface area (Å²) in [5.74, 6) is 0. The monoisotopic (exact) mass is 302 g/mol. The van der Waals surface area contributed by atoms with E-state index in [-0.39, 0.29) is 13.2 Å². The van der Waals surface area contributed by atoms with Gasteiger partial charge in [0.2, 0.25) is 0 Å². The van der Waals surface area contributed by atoms with Gasteiger partial charge in [-0.1, -0.05) is 22.9 Å². The van der Waals surface area contributed by atoms with Crippen LogP contribution in [0.25, 0.3) is 0 Å². The Bertz CT molecular complexity index is 359. The third kappa shape index (κ3) is 3.67. The molecule has 4 nitrogen and oxygen atoms in total. The molecule has 1 rings (SSSR count). The van der Waals surface area contributed by atoms with Crippen molar-refractivity contribution >= 4 is 21.6 Å². The fraction of sp³-hybridized carbons (Fsp3) is 0.500. The first-order valence-corrected chi connectivity index (χ1v) is 6.38. The van der Waals surface area contributed by atoms with Gasteiger partial charge in [0.15, 0.2) is 0 Å². The van der Waals surface area contributed by atoms with Gasteiger partial charge in [-0.15, -0.1) is 0 Å². The van der Waals surface area contributed by atoms with Crippen LogP contribution in [0.15, 0.2) is 22.7 Å². The number of nitrogens with one attached hydrogen (secondary N) is 1. The van der Waals surface area contributed by atoms with E-state index in [1.54, 1.807) is 0 Å². The summed E-state index contributed by atoms with van der Waals surface area (Å²) in [5.41, 5.74) is 6.74. The van der Waals surface area contributed by atoms with Crippen LogP contribution in [0.1, 0.15) is 18.9 Å². The SMILES string of the molecule is CCC(CO)(CO)Nc1cc(Br)cc(CN)c1. The molecular weight excluding hydrogens is 284 g/mol. The predicted octanol–water partition coefficient (Wildman–Crippen LogP) is 1.45. The molecule has 0 aliphatic heterocycles. The summed E-state index contributed by atoms with van der Waals surface area (Å²) in [6.45, 7) is 2.13. The van der Waals surface area contributed by atoms with Crippen LogP contribution in [0.2, 0.25) is 0 Å². The van der Waals surface area contributed by atoms with E-state index in [4.69, 9.17) is 5.73 Å². The summed E-state index contributed by atoms with van der Waals surface area (Å²) >= 11 is 3.41. The van der Waals surface area contributed by atoms with Crippen molar-refractivity contribution in [1.82, 2.24) is 0 Å². The Morgan fingerprint density at radius 3 is 2.41 bits per heavy atom. The summed E-state index contributed by atoms with van der Waals surface area (Å²) in [6.07, 6.45) is 0.629. The molecule has 0 aliphatic rings. The number of aliphatic hydroxyl groups excluding tert-OH is 2. The summed E-state index contributed by atoms with van der Waals surface area (Å²) < 4.78 is 0.920. The van der Waals surface area contributed by atoms with Gasteiger partial charge in [-0.05, 0) is 30.2 Å². The Morgan fingerprint density at radius 2 is 1.94 bits per heavy atom. The Hall–Kier alpha value is -0.620. The van der Waals surface area contributed by atoms with Crippen LogP contribution in [0.3, 0.4) is 0 Å². The van der Waals surface area contributed by atoms with Gasteiger partial charge in [-0.25, -0.2) is 0 Å². The zero-order chi connectivity index (χ0) is 12.9. The number of hydrogen-bond acceptors (Lipinski definition) is 4. The van der Waals surface area contributed by atoms with Gasteiger partial charge in [0, 0.05) is 16.7 Å². The topological polar surface area (TPSA) is 78.5 Å². The van der Waals surface area contributed by atoms with E-state index in [0.29, 0.717) is 13.0 Å². The fourth-order valence-electron chi connectivity index (χ4n) is 1.59. The van der Waals surface area contributed by atoms with Crippen molar-refractivity contribution in [2.24, 2.45) is 5.73 Å². The molecule has 0 amide bonds. The van der Waals surface area contributed by atoms with Crippen molar-refractivity contribution in [2.75, 3.05) is 18.5 Å². The second-order valence-electron chi connectivity index (χ2n) is 4.13. The zero-order valence-corrected chi connectivity index (χ0v) is 11.5. The lowest BCUT2D eigenvalue weighted by Crippen LogP contribution is -2.45. The third-order valence-corrected chi connectivity index (χ3v) is 3.34. The van der Waals surface area contributed by atoms with Crippen molar-refractivity contribution in [3.8, 4) is 0 Å². The average Bonchev–Trinajstić information content (AvgIpc) is 2.35. The van der Waals surface area contributed by atoms with Gasteiger partial charge >= 0.3 is 0 Å². The van der Waals surface area contributed by atoms with E-state index < -0.39 is 5.54 Å². The van der Waals surface area contributed by atoms with E-state index in [1.807, 2.05) is 25.1 Å². The lowest BCUT2D eigenvalue weighted by molar-refractivity contribution is 0.132. The predicted molar refractivity (Wildman–Crippen MR) is 72.8 cm³/mol. The third-order valence-electron chi connectivity index (χ3n) is 2.88. The second kappa shape index (κ2) is 6.35. The summed E-state index contributed by atoms with van der Waals surface area (Å²) in [5, 5.41) is 21.9. The fourth-order valence-corrected chi connectivity index (χ4v) is 2.13. The largest absolute Gasteiger partial charge is 0.394 e. The summed E-state index contributed by atoms with van der Waals surface area (Å²) in [6, 6.07) is 5.76. The minimum atomic E-state index is -0.688. The standard InChI is InChI=1S/C12H19BrN2O2/c1-2-12(7-16,8-17)15-11-4-9(6-14)3-10(13)5-11/h3-5,15-17H,2,6-8,14H2,1H3. The number of benzene rings is 1. The molecular formula is C12H19BrN2O2. The molecule has 0 atom stereocenters. The maximum absolute atomic E-state index is 9.37. The number of nitrogens with two attached hydrogens (primary N) is 1. The Balaban J connectivity index is 2.96. The lowest BCUT2D eigenvalue weighted by atomic mass is 9.98. The first kappa shape index (κ1) is 14.4.